The van der Waals surface area contributed by atoms with Crippen molar-refractivity contribution in [3.8, 4) is 0 Å². The third kappa shape index (κ3) is 4.69. The van der Waals surface area contributed by atoms with Crippen LogP contribution in [-0.4, -0.2) is 36.1 Å². The average molecular weight is 370 g/mol. The smallest absolute Gasteiger partial charge is 0.317 e. The molecule has 1 aromatic carbocycles. The highest BCUT2D eigenvalue weighted by Gasteiger charge is 2.42. The van der Waals surface area contributed by atoms with Crippen molar-refractivity contribution >= 4 is 17.8 Å². The molecule has 1 heterocycles. The number of rotatable bonds is 3. The molecule has 146 valence electrons. The van der Waals surface area contributed by atoms with Gasteiger partial charge < -0.3 is 16.0 Å². The zero-order valence-electron chi connectivity index (χ0n) is 16.5. The highest BCUT2D eigenvalue weighted by Crippen LogP contribution is 2.46. The van der Waals surface area contributed by atoms with E-state index in [0.717, 1.165) is 36.9 Å². The number of hydrogen-bond donors (Lipinski definition) is 2. The fourth-order valence-corrected chi connectivity index (χ4v) is 5.10. The minimum Gasteiger partial charge on any atom is -0.399 e. The van der Waals surface area contributed by atoms with Crippen LogP contribution >= 0.6 is 0 Å². The maximum atomic E-state index is 12.9. The lowest BCUT2D eigenvalue weighted by Crippen LogP contribution is -2.52. The minimum absolute atomic E-state index is 0.0213. The van der Waals surface area contributed by atoms with Crippen molar-refractivity contribution < 1.29 is 9.59 Å². The first kappa shape index (κ1) is 19.4. The molecule has 6 nitrogen and oxygen atoms in total. The van der Waals surface area contributed by atoms with E-state index >= 15 is 0 Å². The van der Waals surface area contributed by atoms with Crippen LogP contribution in [0.25, 0.3) is 0 Å². The Hall–Kier alpha value is -2.33. The summed E-state index contributed by atoms with van der Waals surface area (Å²) < 4.78 is 0. The lowest BCUT2D eigenvalue weighted by molar-refractivity contribution is 0.0773. The number of anilines is 1. The Balaban J connectivity index is 1.67. The van der Waals surface area contributed by atoms with Crippen LogP contribution in [0.2, 0.25) is 0 Å². The summed E-state index contributed by atoms with van der Waals surface area (Å²) in [7, 11) is 0. The average Bonchev–Trinajstić information content (AvgIpc) is 2.57. The van der Waals surface area contributed by atoms with Crippen LogP contribution in [0.3, 0.4) is 0 Å². The monoisotopic (exact) mass is 370 g/mol. The number of nitrogens with two attached hydrogens (primary N) is 1. The van der Waals surface area contributed by atoms with Gasteiger partial charge in [-0.2, -0.15) is 0 Å². The number of fused-ring (bicyclic) bond motifs is 1. The van der Waals surface area contributed by atoms with E-state index in [0.29, 0.717) is 19.6 Å². The maximum Gasteiger partial charge on any atom is 0.317 e. The minimum atomic E-state index is -0.0972. The molecule has 6 heteroatoms. The fraction of sp³-hybridized carbons (Fsp3) is 0.619. The molecule has 0 spiro atoms. The number of amides is 2. The summed E-state index contributed by atoms with van der Waals surface area (Å²) in [5, 5.41) is 3.24. The van der Waals surface area contributed by atoms with E-state index in [2.05, 4.69) is 37.1 Å². The standard InChI is InChI=1S/C21H30N4O2/c1-20(2)9-18(10-21(3,12-20)13-23-14-26)24-19(27)25-7-6-15-4-5-17(22)8-16(15)11-25/h4-5,8,18H,6-7,9-13,22H2,1-3H3,(H,24,27). The van der Waals surface area contributed by atoms with Crippen LogP contribution in [-0.2, 0) is 17.8 Å². The molecule has 1 fully saturated rings. The first-order valence-electron chi connectivity index (χ1n) is 9.66. The van der Waals surface area contributed by atoms with E-state index in [1.165, 1.54) is 5.56 Å². The first-order valence-corrected chi connectivity index (χ1v) is 9.66. The topological polar surface area (TPSA) is 87.8 Å². The first-order chi connectivity index (χ1) is 12.7. The Kier molecular flexibility index (Phi) is 5.29. The van der Waals surface area contributed by atoms with Gasteiger partial charge in [0.05, 0.1) is 6.54 Å². The van der Waals surface area contributed by atoms with Gasteiger partial charge in [-0.15, -0.1) is 0 Å². The third-order valence-electron chi connectivity index (χ3n) is 5.83. The third-order valence-corrected chi connectivity index (χ3v) is 5.83. The number of benzene rings is 1. The van der Waals surface area contributed by atoms with E-state index < -0.39 is 0 Å². The number of nitrogens with zero attached hydrogens (tertiary/aromatic N) is 2. The second kappa shape index (κ2) is 7.35. The number of aliphatic imine (C=N–C) groups is 1. The molecule has 3 rings (SSSR count). The molecular weight excluding hydrogens is 340 g/mol. The molecule has 2 atom stereocenters. The number of carbonyl (C=O) groups excluding carboxylic acids is 2. The number of nitrogens with one attached hydrogen (secondary N) is 1. The lowest BCUT2D eigenvalue weighted by atomic mass is 9.62. The number of isocyanates is 1. The van der Waals surface area contributed by atoms with Crippen LogP contribution in [0.1, 0.15) is 51.2 Å². The van der Waals surface area contributed by atoms with Gasteiger partial charge in [-0.25, -0.2) is 14.6 Å². The number of nitrogen functional groups attached to an aromatic ring is 1. The quantitative estimate of drug-likeness (QED) is 0.486. The van der Waals surface area contributed by atoms with E-state index in [1.54, 1.807) is 6.08 Å². The predicted molar refractivity (Wildman–Crippen MR) is 106 cm³/mol. The summed E-state index contributed by atoms with van der Waals surface area (Å²) in [6, 6.07) is 6.00. The van der Waals surface area contributed by atoms with Gasteiger partial charge in [0, 0.05) is 24.8 Å². The van der Waals surface area contributed by atoms with E-state index in [4.69, 9.17) is 5.73 Å². The Labute approximate surface area is 161 Å². The Morgan fingerprint density at radius 2 is 2.11 bits per heavy atom. The summed E-state index contributed by atoms with van der Waals surface area (Å²) >= 11 is 0. The van der Waals surface area contributed by atoms with E-state index in [1.807, 2.05) is 17.0 Å². The summed E-state index contributed by atoms with van der Waals surface area (Å²) in [4.78, 5) is 29.2. The second-order valence-electron chi connectivity index (χ2n) is 9.31. The molecular formula is C21H30N4O2. The second-order valence-corrected chi connectivity index (χ2v) is 9.31. The molecule has 3 N–H and O–H groups in total. The number of urea groups is 1. The largest absolute Gasteiger partial charge is 0.399 e. The maximum absolute atomic E-state index is 12.9. The van der Waals surface area contributed by atoms with E-state index in [9.17, 15) is 9.59 Å². The van der Waals surface area contributed by atoms with Crippen molar-refractivity contribution in [2.45, 2.75) is 59.0 Å². The van der Waals surface area contributed by atoms with Crippen molar-refractivity contribution in [2.75, 3.05) is 18.8 Å². The molecule has 2 amide bonds. The van der Waals surface area contributed by atoms with Gasteiger partial charge in [-0.3, -0.25) is 0 Å². The highest BCUT2D eigenvalue weighted by molar-refractivity contribution is 5.75. The molecule has 1 aliphatic carbocycles. The van der Waals surface area contributed by atoms with Crippen molar-refractivity contribution in [3.05, 3.63) is 29.3 Å². The summed E-state index contributed by atoms with van der Waals surface area (Å²) in [5.41, 5.74) is 9.02. The predicted octanol–water partition coefficient (Wildman–Crippen LogP) is 3.26. The normalized spacial score (nSPS) is 26.6. The number of carbonyl (C=O) groups is 1. The highest BCUT2D eigenvalue weighted by atomic mass is 16.2. The van der Waals surface area contributed by atoms with Crippen molar-refractivity contribution in [2.24, 2.45) is 15.8 Å². The summed E-state index contributed by atoms with van der Waals surface area (Å²) in [6.45, 7) is 8.35. The van der Waals surface area contributed by atoms with Gasteiger partial charge in [0.2, 0.25) is 6.08 Å². The van der Waals surface area contributed by atoms with Crippen LogP contribution < -0.4 is 11.1 Å². The lowest BCUT2D eigenvalue weighted by Gasteiger charge is -2.46. The molecule has 1 saturated carbocycles. The summed E-state index contributed by atoms with van der Waals surface area (Å²) in [5.74, 6) is 0. The molecule has 27 heavy (non-hydrogen) atoms. The molecule has 0 radical (unpaired) electrons. The molecule has 0 aromatic heterocycles. The van der Waals surface area contributed by atoms with E-state index in [-0.39, 0.29) is 22.9 Å². The van der Waals surface area contributed by atoms with Gasteiger partial charge in [-0.1, -0.05) is 26.8 Å². The van der Waals surface area contributed by atoms with Crippen LogP contribution in [0.5, 0.6) is 0 Å². The van der Waals surface area contributed by atoms with Crippen molar-refractivity contribution in [1.82, 2.24) is 10.2 Å². The van der Waals surface area contributed by atoms with Gasteiger partial charge in [-0.05, 0) is 59.8 Å². The van der Waals surface area contributed by atoms with Gasteiger partial charge >= 0.3 is 6.03 Å². The van der Waals surface area contributed by atoms with Crippen molar-refractivity contribution in [1.29, 1.82) is 0 Å². The molecule has 0 saturated heterocycles. The Morgan fingerprint density at radius 1 is 1.33 bits per heavy atom. The SMILES string of the molecule is CC1(C)CC(NC(=O)N2CCc3ccc(N)cc3C2)CC(C)(CN=C=O)C1. The Morgan fingerprint density at radius 3 is 2.85 bits per heavy atom. The summed E-state index contributed by atoms with van der Waals surface area (Å²) in [6.07, 6.45) is 5.24. The van der Waals surface area contributed by atoms with Crippen LogP contribution in [0.4, 0.5) is 10.5 Å². The van der Waals surface area contributed by atoms with Crippen molar-refractivity contribution in [3.63, 3.8) is 0 Å². The molecule has 2 aliphatic rings. The Bertz CT molecular complexity index is 769. The molecule has 2 unspecified atom stereocenters. The molecule has 1 aliphatic heterocycles. The van der Waals surface area contributed by atoms with Crippen LogP contribution in [0, 0.1) is 10.8 Å². The van der Waals surface area contributed by atoms with Gasteiger partial charge in [0.15, 0.2) is 0 Å². The molecule has 0 bridgehead atoms. The van der Waals surface area contributed by atoms with Gasteiger partial charge in [0.25, 0.3) is 0 Å². The molecule has 1 aromatic rings. The zero-order chi connectivity index (χ0) is 19.7. The zero-order valence-corrected chi connectivity index (χ0v) is 16.5. The van der Waals surface area contributed by atoms with Crippen LogP contribution in [0.15, 0.2) is 23.2 Å². The fourth-order valence-electron chi connectivity index (χ4n) is 5.10. The number of hydrogen-bond acceptors (Lipinski definition) is 4. The van der Waals surface area contributed by atoms with Gasteiger partial charge in [0.1, 0.15) is 0 Å².